The van der Waals surface area contributed by atoms with E-state index in [2.05, 4.69) is 15.5 Å². The molecular formula is C22H22ClFN4O2. The van der Waals surface area contributed by atoms with Gasteiger partial charge in [0.2, 0.25) is 5.91 Å². The van der Waals surface area contributed by atoms with Crippen LogP contribution in [0.25, 0.3) is 11.3 Å². The first-order valence-electron chi connectivity index (χ1n) is 9.56. The summed E-state index contributed by atoms with van der Waals surface area (Å²) in [4.78, 5) is 23.0. The molecule has 0 radical (unpaired) electrons. The number of hydrogen-bond donors (Lipinski definition) is 3. The smallest absolute Gasteiger partial charge is 0.255 e. The van der Waals surface area contributed by atoms with Gasteiger partial charge in [0, 0.05) is 23.6 Å². The first-order valence-corrected chi connectivity index (χ1v) is 9.94. The van der Waals surface area contributed by atoms with E-state index in [4.69, 9.17) is 17.3 Å². The minimum absolute atomic E-state index is 0.0476. The van der Waals surface area contributed by atoms with Gasteiger partial charge in [0.15, 0.2) is 0 Å². The third kappa shape index (κ3) is 5.67. The van der Waals surface area contributed by atoms with Crippen LogP contribution in [0.3, 0.4) is 0 Å². The molecule has 1 fully saturated rings. The number of aromatic amines is 1. The molecule has 1 aliphatic rings. The zero-order valence-electron chi connectivity index (χ0n) is 16.2. The van der Waals surface area contributed by atoms with Crippen molar-refractivity contribution in [2.75, 3.05) is 6.54 Å². The highest BCUT2D eigenvalue weighted by Crippen LogP contribution is 2.45. The van der Waals surface area contributed by atoms with Crippen LogP contribution in [0.2, 0.25) is 5.02 Å². The molecule has 1 aliphatic carbocycles. The minimum atomic E-state index is -0.497. The summed E-state index contributed by atoms with van der Waals surface area (Å²) in [6.07, 6.45) is 3.44. The lowest BCUT2D eigenvalue weighted by Gasteiger charge is -2.10. The maximum absolute atomic E-state index is 14.4. The highest BCUT2D eigenvalue weighted by atomic mass is 35.5. The van der Waals surface area contributed by atoms with Crippen molar-refractivity contribution < 1.29 is 14.0 Å². The van der Waals surface area contributed by atoms with Gasteiger partial charge in [-0.3, -0.25) is 14.7 Å². The Labute approximate surface area is 178 Å². The second kappa shape index (κ2) is 10.0. The van der Waals surface area contributed by atoms with Crippen LogP contribution < -0.4 is 11.1 Å². The number of rotatable bonds is 6. The molecule has 0 saturated heterocycles. The van der Waals surface area contributed by atoms with Crippen LogP contribution in [0.4, 0.5) is 4.39 Å². The van der Waals surface area contributed by atoms with Crippen molar-refractivity contribution >= 4 is 23.4 Å². The number of aromatic nitrogens is 2. The summed E-state index contributed by atoms with van der Waals surface area (Å²) in [5.41, 5.74) is 6.94. The van der Waals surface area contributed by atoms with Crippen molar-refractivity contribution in [1.82, 2.24) is 15.5 Å². The van der Waals surface area contributed by atoms with E-state index >= 15 is 0 Å². The Balaban J connectivity index is 0.000000310. The molecule has 6 nitrogen and oxygen atoms in total. The highest BCUT2D eigenvalue weighted by molar-refractivity contribution is 6.30. The van der Waals surface area contributed by atoms with Gasteiger partial charge in [-0.1, -0.05) is 41.9 Å². The molecule has 3 aromatic rings. The molecule has 8 heteroatoms. The van der Waals surface area contributed by atoms with E-state index < -0.39 is 11.8 Å². The van der Waals surface area contributed by atoms with Crippen LogP contribution in [0.15, 0.2) is 54.7 Å². The lowest BCUT2D eigenvalue weighted by Crippen LogP contribution is -2.28. The van der Waals surface area contributed by atoms with E-state index in [0.29, 0.717) is 17.2 Å². The average Bonchev–Trinajstić information content (AvgIpc) is 3.45. The van der Waals surface area contributed by atoms with E-state index in [1.807, 2.05) is 36.4 Å². The number of carbonyl (C=O) groups is 2. The minimum Gasteiger partial charge on any atom is -0.370 e. The number of amides is 2. The highest BCUT2D eigenvalue weighted by Gasteiger charge is 2.30. The lowest BCUT2D eigenvalue weighted by molar-refractivity contribution is -0.117. The van der Waals surface area contributed by atoms with Gasteiger partial charge in [-0.05, 0) is 42.5 Å². The molecule has 1 aromatic heterocycles. The van der Waals surface area contributed by atoms with Crippen LogP contribution >= 0.6 is 11.6 Å². The number of H-pyrrole nitrogens is 1. The second-order valence-electron chi connectivity index (χ2n) is 6.90. The summed E-state index contributed by atoms with van der Waals surface area (Å²) in [5.74, 6) is -0.970. The predicted octanol–water partition coefficient (Wildman–Crippen LogP) is 4.04. The summed E-state index contributed by atoms with van der Waals surface area (Å²) in [7, 11) is 0. The maximum atomic E-state index is 14.4. The largest absolute Gasteiger partial charge is 0.370 e. The standard InChI is InChI=1S/C16H17FN4O2.C6H5Cl/c17-12-3-1-2-10(9-4-5-9)14(12)15-11(8-20-21-15)16(23)19-7-6-13(18)22;7-6-4-2-1-3-5-6/h1-3,8-9H,4-7H2,(H2,18,22)(H,19,23)(H,20,21);1-5H. The Morgan fingerprint density at radius 1 is 1.17 bits per heavy atom. The number of halogens is 2. The Hall–Kier alpha value is -3.19. The Bertz CT molecular complexity index is 1020. The molecule has 0 aliphatic heterocycles. The summed E-state index contributed by atoms with van der Waals surface area (Å²) in [5, 5.41) is 9.99. The zero-order chi connectivity index (χ0) is 21.5. The third-order valence-corrected chi connectivity index (χ3v) is 4.84. The SMILES string of the molecule is Clc1ccccc1.NC(=O)CCNC(=O)c1cn[nH]c1-c1c(F)cccc1C1CC1. The van der Waals surface area contributed by atoms with Gasteiger partial charge in [-0.2, -0.15) is 5.10 Å². The number of nitrogens with zero attached hydrogens (tertiary/aromatic N) is 1. The topological polar surface area (TPSA) is 101 Å². The molecule has 0 bridgehead atoms. The van der Waals surface area contributed by atoms with Crippen LogP contribution in [0, 0.1) is 5.82 Å². The van der Waals surface area contributed by atoms with Crippen molar-refractivity contribution in [3.8, 4) is 11.3 Å². The second-order valence-corrected chi connectivity index (χ2v) is 7.34. The summed E-state index contributed by atoms with van der Waals surface area (Å²) in [6.45, 7) is 0.130. The molecule has 4 N–H and O–H groups in total. The van der Waals surface area contributed by atoms with Crippen molar-refractivity contribution in [1.29, 1.82) is 0 Å². The first kappa shape index (κ1) is 21.5. The number of carbonyl (C=O) groups excluding carboxylic acids is 2. The number of nitrogens with one attached hydrogen (secondary N) is 2. The Morgan fingerprint density at radius 2 is 1.90 bits per heavy atom. The van der Waals surface area contributed by atoms with E-state index in [9.17, 15) is 14.0 Å². The molecule has 2 aromatic carbocycles. The normalized spacial score (nSPS) is 12.6. The summed E-state index contributed by atoms with van der Waals surface area (Å²) < 4.78 is 14.4. The predicted molar refractivity (Wildman–Crippen MR) is 114 cm³/mol. The monoisotopic (exact) mass is 428 g/mol. The van der Waals surface area contributed by atoms with Crippen molar-refractivity contribution in [2.45, 2.75) is 25.2 Å². The number of hydrogen-bond acceptors (Lipinski definition) is 3. The van der Waals surface area contributed by atoms with Gasteiger partial charge in [-0.25, -0.2) is 4.39 Å². The molecule has 30 heavy (non-hydrogen) atoms. The van der Waals surface area contributed by atoms with Crippen LogP contribution in [0.1, 0.15) is 41.1 Å². The van der Waals surface area contributed by atoms with Gasteiger partial charge in [0.25, 0.3) is 5.91 Å². The van der Waals surface area contributed by atoms with Crippen molar-refractivity contribution in [2.24, 2.45) is 5.73 Å². The Kier molecular flexibility index (Phi) is 7.19. The van der Waals surface area contributed by atoms with Crippen LogP contribution in [-0.4, -0.2) is 28.6 Å². The quantitative estimate of drug-likeness (QED) is 0.552. The molecule has 1 saturated carbocycles. The molecule has 156 valence electrons. The molecular weight excluding hydrogens is 407 g/mol. The molecule has 0 spiro atoms. The van der Waals surface area contributed by atoms with E-state index in [1.54, 1.807) is 6.07 Å². The van der Waals surface area contributed by atoms with Gasteiger partial charge in [0.05, 0.1) is 17.5 Å². The van der Waals surface area contributed by atoms with Crippen LogP contribution in [-0.2, 0) is 4.79 Å². The maximum Gasteiger partial charge on any atom is 0.255 e. The first-order chi connectivity index (χ1) is 14.5. The molecule has 2 amide bonds. The van der Waals surface area contributed by atoms with E-state index in [-0.39, 0.29) is 24.3 Å². The van der Waals surface area contributed by atoms with Gasteiger partial charge in [0.1, 0.15) is 5.82 Å². The van der Waals surface area contributed by atoms with Crippen LogP contribution in [0.5, 0.6) is 0 Å². The fourth-order valence-electron chi connectivity index (χ4n) is 3.00. The molecule has 1 heterocycles. The van der Waals surface area contributed by atoms with Gasteiger partial charge in [-0.15, -0.1) is 0 Å². The van der Waals surface area contributed by atoms with E-state index in [1.165, 1.54) is 12.3 Å². The van der Waals surface area contributed by atoms with Gasteiger partial charge >= 0.3 is 0 Å². The molecule has 0 unspecified atom stereocenters. The van der Waals surface area contributed by atoms with E-state index in [0.717, 1.165) is 23.4 Å². The number of primary amides is 1. The number of benzene rings is 2. The Morgan fingerprint density at radius 3 is 2.50 bits per heavy atom. The molecule has 4 rings (SSSR count). The van der Waals surface area contributed by atoms with Crippen molar-refractivity contribution in [3.63, 3.8) is 0 Å². The lowest BCUT2D eigenvalue weighted by atomic mass is 9.97. The fourth-order valence-corrected chi connectivity index (χ4v) is 3.14. The fraction of sp³-hybridized carbons (Fsp3) is 0.227. The summed E-state index contributed by atoms with van der Waals surface area (Å²) in [6, 6.07) is 14.4. The zero-order valence-corrected chi connectivity index (χ0v) is 17.0. The molecule has 0 atom stereocenters. The average molecular weight is 429 g/mol. The summed E-state index contributed by atoms with van der Waals surface area (Å²) >= 11 is 5.54. The number of nitrogens with two attached hydrogens (primary N) is 1. The third-order valence-electron chi connectivity index (χ3n) is 4.59. The van der Waals surface area contributed by atoms with Gasteiger partial charge < -0.3 is 11.1 Å². The van der Waals surface area contributed by atoms with Crippen molar-refractivity contribution in [3.05, 3.63) is 76.7 Å².